The molecule has 1 aliphatic rings. The topological polar surface area (TPSA) is 46.2 Å². The molecule has 0 spiro atoms. The molecular formula is C9H18NO2S. The number of sulfonamides is 1. The Balaban J connectivity index is 2.47. The summed E-state index contributed by atoms with van der Waals surface area (Å²) in [4.78, 5) is 0. The minimum absolute atomic E-state index is 0.164. The van der Waals surface area contributed by atoms with E-state index < -0.39 is 10.0 Å². The standard InChI is InChI=1S/C9H18NO2S/c1-8(2)13(11,12)10-9-6-4-3-5-7-9/h3,8-10H,4-7H2,1-2H3. The lowest BCUT2D eigenvalue weighted by molar-refractivity contribution is 0.460. The lowest BCUT2D eigenvalue weighted by Crippen LogP contribution is -2.40. The van der Waals surface area contributed by atoms with Crippen LogP contribution in [0.15, 0.2) is 0 Å². The van der Waals surface area contributed by atoms with Gasteiger partial charge in [-0.15, -0.1) is 0 Å². The second kappa shape index (κ2) is 4.42. The van der Waals surface area contributed by atoms with Gasteiger partial charge in [0.25, 0.3) is 0 Å². The number of hydrogen-bond donors (Lipinski definition) is 1. The van der Waals surface area contributed by atoms with Gasteiger partial charge < -0.3 is 0 Å². The zero-order valence-electron chi connectivity index (χ0n) is 8.29. The van der Waals surface area contributed by atoms with Crippen LogP contribution >= 0.6 is 0 Å². The van der Waals surface area contributed by atoms with E-state index in [2.05, 4.69) is 11.1 Å². The van der Waals surface area contributed by atoms with Crippen LogP contribution in [0.25, 0.3) is 0 Å². The van der Waals surface area contributed by atoms with E-state index >= 15 is 0 Å². The maximum absolute atomic E-state index is 11.5. The van der Waals surface area contributed by atoms with E-state index in [4.69, 9.17) is 0 Å². The van der Waals surface area contributed by atoms with Gasteiger partial charge in [0.15, 0.2) is 0 Å². The average molecular weight is 204 g/mol. The summed E-state index contributed by atoms with van der Waals surface area (Å²) in [5.41, 5.74) is 0. The van der Waals surface area contributed by atoms with Gasteiger partial charge in [-0.05, 0) is 46.0 Å². The molecule has 1 saturated carbocycles. The molecule has 1 radical (unpaired) electrons. The van der Waals surface area contributed by atoms with Crippen LogP contribution in [0.5, 0.6) is 0 Å². The molecule has 1 aliphatic carbocycles. The Bertz CT molecular complexity index is 240. The van der Waals surface area contributed by atoms with Crippen LogP contribution < -0.4 is 4.72 Å². The van der Waals surface area contributed by atoms with Crippen molar-refractivity contribution in [2.75, 3.05) is 0 Å². The van der Waals surface area contributed by atoms with Gasteiger partial charge in [0.05, 0.1) is 5.25 Å². The SMILES string of the molecule is CC(C)S(=O)(=O)NC1CC[CH]CC1. The van der Waals surface area contributed by atoms with Crippen LogP contribution in [0, 0.1) is 6.42 Å². The summed E-state index contributed by atoms with van der Waals surface area (Å²) in [6, 6.07) is 0.164. The zero-order valence-corrected chi connectivity index (χ0v) is 9.10. The predicted octanol–water partition coefficient (Wildman–Crippen LogP) is 1.46. The molecule has 0 saturated heterocycles. The summed E-state index contributed by atoms with van der Waals surface area (Å²) >= 11 is 0. The summed E-state index contributed by atoms with van der Waals surface area (Å²) in [6.45, 7) is 3.41. The summed E-state index contributed by atoms with van der Waals surface area (Å²) in [5.74, 6) is 0. The van der Waals surface area contributed by atoms with Gasteiger partial charge in [0, 0.05) is 6.04 Å². The van der Waals surface area contributed by atoms with Gasteiger partial charge in [-0.2, -0.15) is 0 Å². The molecule has 0 unspecified atom stereocenters. The highest BCUT2D eigenvalue weighted by atomic mass is 32.2. The van der Waals surface area contributed by atoms with E-state index in [1.807, 2.05) is 0 Å². The molecule has 1 rings (SSSR count). The van der Waals surface area contributed by atoms with Crippen molar-refractivity contribution >= 4 is 10.0 Å². The highest BCUT2D eigenvalue weighted by Gasteiger charge is 2.22. The van der Waals surface area contributed by atoms with Gasteiger partial charge >= 0.3 is 0 Å². The van der Waals surface area contributed by atoms with E-state index in [0.29, 0.717) is 0 Å². The third-order valence-electron chi connectivity index (χ3n) is 2.39. The molecule has 0 aromatic rings. The monoisotopic (exact) mass is 204 g/mol. The molecule has 0 aromatic carbocycles. The van der Waals surface area contributed by atoms with E-state index in [0.717, 1.165) is 25.7 Å². The Morgan fingerprint density at radius 2 is 1.85 bits per heavy atom. The molecule has 13 heavy (non-hydrogen) atoms. The Kier molecular flexibility index (Phi) is 3.74. The fraction of sp³-hybridized carbons (Fsp3) is 0.889. The first-order valence-electron chi connectivity index (χ1n) is 4.85. The summed E-state index contributed by atoms with van der Waals surface area (Å²) in [5, 5.41) is -0.321. The molecule has 3 nitrogen and oxygen atoms in total. The van der Waals surface area contributed by atoms with Gasteiger partial charge in [0.1, 0.15) is 0 Å². The fourth-order valence-electron chi connectivity index (χ4n) is 1.41. The van der Waals surface area contributed by atoms with Crippen molar-refractivity contribution in [3.05, 3.63) is 6.42 Å². The smallest absolute Gasteiger partial charge is 0.212 e. The van der Waals surface area contributed by atoms with Crippen molar-refractivity contribution in [3.63, 3.8) is 0 Å². The van der Waals surface area contributed by atoms with Crippen molar-refractivity contribution in [2.45, 2.75) is 50.8 Å². The van der Waals surface area contributed by atoms with Gasteiger partial charge in [-0.3, -0.25) is 0 Å². The maximum Gasteiger partial charge on any atom is 0.214 e. The van der Waals surface area contributed by atoms with E-state index in [-0.39, 0.29) is 11.3 Å². The largest absolute Gasteiger partial charge is 0.214 e. The third-order valence-corrected chi connectivity index (χ3v) is 4.29. The molecular weight excluding hydrogens is 186 g/mol. The highest BCUT2D eigenvalue weighted by Crippen LogP contribution is 2.17. The van der Waals surface area contributed by atoms with Gasteiger partial charge in [0.2, 0.25) is 10.0 Å². The Hall–Kier alpha value is -0.0900. The molecule has 1 N–H and O–H groups in total. The highest BCUT2D eigenvalue weighted by molar-refractivity contribution is 7.90. The van der Waals surface area contributed by atoms with Crippen molar-refractivity contribution in [1.82, 2.24) is 4.72 Å². The van der Waals surface area contributed by atoms with Crippen LogP contribution in [-0.2, 0) is 10.0 Å². The molecule has 77 valence electrons. The molecule has 0 aromatic heterocycles. The lowest BCUT2D eigenvalue weighted by Gasteiger charge is -2.23. The van der Waals surface area contributed by atoms with E-state index in [1.54, 1.807) is 13.8 Å². The van der Waals surface area contributed by atoms with Crippen molar-refractivity contribution in [2.24, 2.45) is 0 Å². The average Bonchev–Trinajstić information content (AvgIpc) is 2.05. The second-order valence-electron chi connectivity index (χ2n) is 3.85. The first-order valence-corrected chi connectivity index (χ1v) is 6.40. The van der Waals surface area contributed by atoms with Crippen LogP contribution in [0.1, 0.15) is 39.5 Å². The second-order valence-corrected chi connectivity index (χ2v) is 6.12. The minimum atomic E-state index is -3.06. The Labute approximate surface area is 81.0 Å². The van der Waals surface area contributed by atoms with Crippen LogP contribution in [0.3, 0.4) is 0 Å². The molecule has 4 heteroatoms. The van der Waals surface area contributed by atoms with E-state index in [9.17, 15) is 8.42 Å². The van der Waals surface area contributed by atoms with Crippen molar-refractivity contribution in [3.8, 4) is 0 Å². The quantitative estimate of drug-likeness (QED) is 0.756. The summed E-state index contributed by atoms with van der Waals surface area (Å²) in [6.07, 6.45) is 6.19. The predicted molar refractivity (Wildman–Crippen MR) is 53.7 cm³/mol. The van der Waals surface area contributed by atoms with Crippen molar-refractivity contribution in [1.29, 1.82) is 0 Å². The molecule has 0 heterocycles. The van der Waals surface area contributed by atoms with Crippen LogP contribution in [0.4, 0.5) is 0 Å². The number of nitrogens with one attached hydrogen (secondary N) is 1. The maximum atomic E-state index is 11.5. The molecule has 0 bridgehead atoms. The lowest BCUT2D eigenvalue weighted by atomic mass is 9.96. The first-order chi connectivity index (χ1) is 6.02. The first kappa shape index (κ1) is 11.0. The normalized spacial score (nSPS) is 20.8. The Morgan fingerprint density at radius 1 is 1.31 bits per heavy atom. The fourth-order valence-corrected chi connectivity index (χ4v) is 2.39. The summed E-state index contributed by atoms with van der Waals surface area (Å²) < 4.78 is 25.7. The number of hydrogen-bond acceptors (Lipinski definition) is 2. The third kappa shape index (κ3) is 3.27. The van der Waals surface area contributed by atoms with Crippen molar-refractivity contribution < 1.29 is 8.42 Å². The van der Waals surface area contributed by atoms with Gasteiger partial charge in [-0.25, -0.2) is 13.1 Å². The molecule has 1 fully saturated rings. The molecule has 0 atom stereocenters. The van der Waals surface area contributed by atoms with Crippen LogP contribution in [-0.4, -0.2) is 19.7 Å². The van der Waals surface area contributed by atoms with E-state index in [1.165, 1.54) is 0 Å². The number of rotatable bonds is 3. The summed E-state index contributed by atoms with van der Waals surface area (Å²) in [7, 11) is -3.06. The van der Waals surface area contributed by atoms with Crippen LogP contribution in [0.2, 0.25) is 0 Å². The van der Waals surface area contributed by atoms with Gasteiger partial charge in [-0.1, -0.05) is 0 Å². The zero-order chi connectivity index (χ0) is 9.90. The minimum Gasteiger partial charge on any atom is -0.212 e. The molecule has 0 amide bonds. The molecule has 0 aliphatic heterocycles. The Morgan fingerprint density at radius 3 is 2.31 bits per heavy atom.